The van der Waals surface area contributed by atoms with Crippen molar-refractivity contribution < 1.29 is 9.53 Å². The van der Waals surface area contributed by atoms with Crippen molar-refractivity contribution in [2.24, 2.45) is 5.92 Å². The summed E-state index contributed by atoms with van der Waals surface area (Å²) in [6.45, 7) is 1.36. The Morgan fingerprint density at radius 1 is 1.40 bits per heavy atom. The van der Waals surface area contributed by atoms with Crippen molar-refractivity contribution in [1.29, 1.82) is 0 Å². The van der Waals surface area contributed by atoms with Gasteiger partial charge in [0.05, 0.1) is 6.61 Å². The smallest absolute Gasteiger partial charge is 0.224 e. The number of nitrogens with zero attached hydrogens (tertiary/aromatic N) is 1. The van der Waals surface area contributed by atoms with E-state index < -0.39 is 0 Å². The summed E-state index contributed by atoms with van der Waals surface area (Å²) in [6.07, 6.45) is 7.27. The van der Waals surface area contributed by atoms with Crippen molar-refractivity contribution in [3.8, 4) is 5.75 Å². The molecule has 1 fully saturated rings. The topological polar surface area (TPSA) is 51.2 Å². The lowest BCUT2D eigenvalue weighted by atomic mass is 9.87. The molecule has 25 heavy (non-hydrogen) atoms. The molecule has 1 spiro atoms. The Morgan fingerprint density at radius 2 is 2.32 bits per heavy atom. The molecule has 0 unspecified atom stereocenters. The van der Waals surface area contributed by atoms with E-state index in [1.807, 2.05) is 30.5 Å². The second kappa shape index (κ2) is 6.68. The number of halogens is 1. The van der Waals surface area contributed by atoms with Gasteiger partial charge >= 0.3 is 0 Å². The lowest BCUT2D eigenvalue weighted by Crippen LogP contribution is -2.31. The Labute approximate surface area is 152 Å². The third kappa shape index (κ3) is 3.23. The van der Waals surface area contributed by atoms with Crippen LogP contribution < -0.4 is 10.1 Å². The molecule has 2 aliphatic rings. The average Bonchev–Trinajstić information content (AvgIpc) is 3.35. The van der Waals surface area contributed by atoms with Crippen LogP contribution in [0.1, 0.15) is 30.4 Å². The molecular weight excluding hydrogens is 336 g/mol. The number of rotatable bonds is 5. The van der Waals surface area contributed by atoms with Crippen molar-refractivity contribution in [2.75, 3.05) is 13.2 Å². The SMILES string of the molecule is O=C(NCCCc1cccnc1)[C@H]1C[C@@]12CCOc1ccc(Cl)cc12. The van der Waals surface area contributed by atoms with Crippen LogP contribution in [0, 0.1) is 5.92 Å². The van der Waals surface area contributed by atoms with E-state index in [0.717, 1.165) is 37.0 Å². The lowest BCUT2D eigenvalue weighted by Gasteiger charge is -2.27. The first-order chi connectivity index (χ1) is 12.2. The van der Waals surface area contributed by atoms with Crippen molar-refractivity contribution >= 4 is 17.5 Å². The maximum atomic E-state index is 12.6. The van der Waals surface area contributed by atoms with Gasteiger partial charge in [-0.05, 0) is 55.5 Å². The van der Waals surface area contributed by atoms with Crippen LogP contribution in [0.2, 0.25) is 5.02 Å². The number of carbonyl (C=O) groups is 1. The third-order valence-corrected chi connectivity index (χ3v) is 5.57. The fourth-order valence-corrected chi connectivity index (χ4v) is 4.06. The van der Waals surface area contributed by atoms with Crippen LogP contribution in [0.15, 0.2) is 42.7 Å². The van der Waals surface area contributed by atoms with E-state index in [1.54, 1.807) is 6.20 Å². The molecule has 1 aromatic carbocycles. The maximum Gasteiger partial charge on any atom is 0.224 e. The molecular formula is C20H21ClN2O2. The van der Waals surface area contributed by atoms with Gasteiger partial charge in [0.25, 0.3) is 0 Å². The highest BCUT2D eigenvalue weighted by molar-refractivity contribution is 6.30. The second-order valence-corrected chi connectivity index (χ2v) is 7.34. The Kier molecular flexibility index (Phi) is 4.38. The number of aromatic nitrogens is 1. The summed E-state index contributed by atoms with van der Waals surface area (Å²) in [6, 6.07) is 9.73. The van der Waals surface area contributed by atoms with Crippen LogP contribution >= 0.6 is 11.6 Å². The Bertz CT molecular complexity index is 781. The van der Waals surface area contributed by atoms with E-state index in [0.29, 0.717) is 18.2 Å². The number of benzene rings is 1. The predicted octanol–water partition coefficient (Wildman–Crippen LogP) is 3.52. The maximum absolute atomic E-state index is 12.6. The zero-order chi connectivity index (χ0) is 17.3. The molecule has 2 atom stereocenters. The number of nitrogens with one attached hydrogen (secondary N) is 1. The molecule has 0 saturated heterocycles. The van der Waals surface area contributed by atoms with Gasteiger partial charge < -0.3 is 10.1 Å². The van der Waals surface area contributed by atoms with Gasteiger partial charge in [0, 0.05) is 40.9 Å². The molecule has 0 radical (unpaired) electrons. The molecule has 5 heteroatoms. The average molecular weight is 357 g/mol. The number of ether oxygens (including phenoxy) is 1. The van der Waals surface area contributed by atoms with E-state index in [4.69, 9.17) is 16.3 Å². The monoisotopic (exact) mass is 356 g/mol. The third-order valence-electron chi connectivity index (χ3n) is 5.34. The molecule has 4 rings (SSSR count). The summed E-state index contributed by atoms with van der Waals surface area (Å²) in [4.78, 5) is 16.7. The number of amides is 1. The minimum Gasteiger partial charge on any atom is -0.493 e. The number of pyridine rings is 1. The normalized spacial score (nSPS) is 23.6. The Balaban J connectivity index is 1.34. The molecule has 0 bridgehead atoms. The Hall–Kier alpha value is -2.07. The van der Waals surface area contributed by atoms with Crippen LogP contribution in [0.5, 0.6) is 5.75 Å². The summed E-state index contributed by atoms with van der Waals surface area (Å²) in [5.74, 6) is 1.06. The molecule has 2 heterocycles. The highest BCUT2D eigenvalue weighted by atomic mass is 35.5. The molecule has 1 N–H and O–H groups in total. The summed E-state index contributed by atoms with van der Waals surface area (Å²) < 4.78 is 5.73. The van der Waals surface area contributed by atoms with Crippen molar-refractivity contribution in [3.63, 3.8) is 0 Å². The molecule has 4 nitrogen and oxygen atoms in total. The van der Waals surface area contributed by atoms with Crippen molar-refractivity contribution in [2.45, 2.75) is 31.1 Å². The van der Waals surface area contributed by atoms with Crippen LogP contribution in [0.4, 0.5) is 0 Å². The first-order valence-electron chi connectivity index (χ1n) is 8.78. The standard InChI is InChI=1S/C20H21ClN2O2/c21-15-5-6-18-16(11-15)20(7-10-25-18)12-17(20)19(24)23-9-2-4-14-3-1-8-22-13-14/h1,3,5-6,8,11,13,17H,2,4,7,9-10,12H2,(H,23,24)/t17-,20-/m1/s1. The van der Waals surface area contributed by atoms with E-state index >= 15 is 0 Å². The Morgan fingerprint density at radius 3 is 3.16 bits per heavy atom. The number of hydrogen-bond acceptors (Lipinski definition) is 3. The largest absolute Gasteiger partial charge is 0.493 e. The van der Waals surface area contributed by atoms with Gasteiger partial charge in [-0.2, -0.15) is 0 Å². The minimum atomic E-state index is -0.0775. The minimum absolute atomic E-state index is 0.0343. The van der Waals surface area contributed by atoms with Gasteiger partial charge in [-0.15, -0.1) is 0 Å². The van der Waals surface area contributed by atoms with Gasteiger partial charge in [-0.1, -0.05) is 17.7 Å². The molecule has 1 saturated carbocycles. The van der Waals surface area contributed by atoms with Gasteiger partial charge in [-0.25, -0.2) is 0 Å². The number of hydrogen-bond donors (Lipinski definition) is 1. The summed E-state index contributed by atoms with van der Waals surface area (Å²) in [7, 11) is 0. The number of carbonyl (C=O) groups excluding carboxylic acids is 1. The quantitative estimate of drug-likeness (QED) is 0.834. The van der Waals surface area contributed by atoms with Gasteiger partial charge in [-0.3, -0.25) is 9.78 Å². The summed E-state index contributed by atoms with van der Waals surface area (Å²) in [5, 5.41) is 3.80. The number of aryl methyl sites for hydroxylation is 1. The fourth-order valence-electron chi connectivity index (χ4n) is 3.89. The predicted molar refractivity (Wildman–Crippen MR) is 96.9 cm³/mol. The van der Waals surface area contributed by atoms with E-state index in [1.165, 1.54) is 5.56 Å². The van der Waals surface area contributed by atoms with Gasteiger partial charge in [0.15, 0.2) is 0 Å². The van der Waals surface area contributed by atoms with E-state index in [-0.39, 0.29) is 17.2 Å². The van der Waals surface area contributed by atoms with Crippen molar-refractivity contribution in [3.05, 3.63) is 58.9 Å². The summed E-state index contributed by atoms with van der Waals surface area (Å²) >= 11 is 6.16. The van der Waals surface area contributed by atoms with Gasteiger partial charge in [0.2, 0.25) is 5.91 Å². The van der Waals surface area contributed by atoms with Crippen LogP contribution in [0.25, 0.3) is 0 Å². The highest BCUT2D eigenvalue weighted by Gasteiger charge is 2.60. The van der Waals surface area contributed by atoms with Crippen LogP contribution in [0.3, 0.4) is 0 Å². The highest BCUT2D eigenvalue weighted by Crippen LogP contribution is 2.61. The van der Waals surface area contributed by atoms with E-state index in [2.05, 4.69) is 16.4 Å². The lowest BCUT2D eigenvalue weighted by molar-refractivity contribution is -0.122. The molecule has 1 aromatic heterocycles. The zero-order valence-electron chi connectivity index (χ0n) is 14.0. The molecule has 2 aromatic rings. The molecule has 1 aliphatic heterocycles. The first kappa shape index (κ1) is 16.4. The number of fused-ring (bicyclic) bond motifs is 2. The van der Waals surface area contributed by atoms with E-state index in [9.17, 15) is 4.79 Å². The fraction of sp³-hybridized carbons (Fsp3) is 0.400. The van der Waals surface area contributed by atoms with Gasteiger partial charge in [0.1, 0.15) is 5.75 Å². The zero-order valence-corrected chi connectivity index (χ0v) is 14.8. The molecule has 1 aliphatic carbocycles. The summed E-state index contributed by atoms with van der Waals surface area (Å²) in [5.41, 5.74) is 2.22. The van der Waals surface area contributed by atoms with Crippen molar-refractivity contribution in [1.82, 2.24) is 10.3 Å². The molecule has 130 valence electrons. The van der Waals surface area contributed by atoms with Crippen LogP contribution in [-0.4, -0.2) is 24.0 Å². The first-order valence-corrected chi connectivity index (χ1v) is 9.16. The molecule has 1 amide bonds. The second-order valence-electron chi connectivity index (χ2n) is 6.91. The van der Waals surface area contributed by atoms with Crippen LogP contribution in [-0.2, 0) is 16.6 Å².